The summed E-state index contributed by atoms with van der Waals surface area (Å²) in [4.78, 5) is 0. The molecular formula is C16H13Br2N5. The Labute approximate surface area is 150 Å². The van der Waals surface area contributed by atoms with Crippen molar-refractivity contribution in [3.8, 4) is 0 Å². The molecule has 0 fully saturated rings. The summed E-state index contributed by atoms with van der Waals surface area (Å²) in [6.07, 6.45) is 0.880. The molecule has 3 aromatic rings. The van der Waals surface area contributed by atoms with Crippen molar-refractivity contribution in [2.45, 2.75) is 18.5 Å². The third-order valence-electron chi connectivity index (χ3n) is 4.03. The molecule has 0 radical (unpaired) electrons. The van der Waals surface area contributed by atoms with Gasteiger partial charge in [-0.3, -0.25) is 0 Å². The summed E-state index contributed by atoms with van der Waals surface area (Å²) in [6.45, 7) is 0. The highest BCUT2D eigenvalue weighted by molar-refractivity contribution is 9.10. The van der Waals surface area contributed by atoms with Crippen LogP contribution in [-0.2, 0) is 0 Å². The number of anilines is 1. The molecule has 0 saturated heterocycles. The normalized spacial score (nSPS) is 19.9. The van der Waals surface area contributed by atoms with Gasteiger partial charge in [-0.1, -0.05) is 61.2 Å². The molecule has 116 valence electrons. The van der Waals surface area contributed by atoms with Gasteiger partial charge in [0.05, 0.1) is 12.1 Å². The Morgan fingerprint density at radius 3 is 2.43 bits per heavy atom. The van der Waals surface area contributed by atoms with Gasteiger partial charge in [-0.2, -0.15) is 0 Å². The number of aromatic nitrogens is 4. The molecule has 7 heteroatoms. The minimum Gasteiger partial charge on any atom is -0.346 e. The second kappa shape index (κ2) is 6.05. The molecule has 23 heavy (non-hydrogen) atoms. The molecule has 0 saturated carbocycles. The summed E-state index contributed by atoms with van der Waals surface area (Å²) in [6, 6.07) is 16.9. The molecule has 5 nitrogen and oxygen atoms in total. The number of hydrogen-bond acceptors (Lipinski definition) is 4. The van der Waals surface area contributed by atoms with Crippen LogP contribution in [0.15, 0.2) is 57.5 Å². The lowest BCUT2D eigenvalue weighted by molar-refractivity contribution is 0.423. The Morgan fingerprint density at radius 2 is 1.70 bits per heavy atom. The first kappa shape index (κ1) is 14.8. The Morgan fingerprint density at radius 1 is 1.00 bits per heavy atom. The van der Waals surface area contributed by atoms with Crippen molar-refractivity contribution >= 4 is 37.8 Å². The third kappa shape index (κ3) is 2.90. The van der Waals surface area contributed by atoms with Gasteiger partial charge in [0.2, 0.25) is 5.95 Å². The summed E-state index contributed by atoms with van der Waals surface area (Å²) < 4.78 is 3.99. The highest BCUT2D eigenvalue weighted by atomic mass is 79.9. The smallest absolute Gasteiger partial charge is 0.243 e. The van der Waals surface area contributed by atoms with E-state index in [1.165, 1.54) is 11.1 Å². The van der Waals surface area contributed by atoms with Gasteiger partial charge in [0, 0.05) is 8.95 Å². The molecule has 0 unspecified atom stereocenters. The predicted molar refractivity (Wildman–Crippen MR) is 95.2 cm³/mol. The average Bonchev–Trinajstić information content (AvgIpc) is 3.02. The zero-order valence-corrected chi connectivity index (χ0v) is 15.2. The third-order valence-corrected chi connectivity index (χ3v) is 5.02. The number of benzene rings is 2. The fourth-order valence-corrected chi connectivity index (χ4v) is 3.80. The van der Waals surface area contributed by atoms with Gasteiger partial charge in [-0.05, 0) is 52.2 Å². The van der Waals surface area contributed by atoms with E-state index < -0.39 is 0 Å². The van der Waals surface area contributed by atoms with Crippen LogP contribution >= 0.6 is 31.9 Å². The number of tetrazole rings is 1. The van der Waals surface area contributed by atoms with Crippen LogP contribution in [0.1, 0.15) is 29.6 Å². The lowest BCUT2D eigenvalue weighted by Crippen LogP contribution is -2.28. The van der Waals surface area contributed by atoms with Gasteiger partial charge in [-0.15, -0.1) is 0 Å². The van der Waals surface area contributed by atoms with Crippen LogP contribution in [0.2, 0.25) is 0 Å². The lowest BCUT2D eigenvalue weighted by atomic mass is 9.93. The molecule has 4 rings (SSSR count). The van der Waals surface area contributed by atoms with Crippen molar-refractivity contribution in [2.24, 2.45) is 0 Å². The van der Waals surface area contributed by atoms with Gasteiger partial charge in [0.1, 0.15) is 0 Å². The maximum absolute atomic E-state index is 4.16. The van der Waals surface area contributed by atoms with E-state index >= 15 is 0 Å². The van der Waals surface area contributed by atoms with Crippen LogP contribution in [0.4, 0.5) is 5.95 Å². The van der Waals surface area contributed by atoms with Crippen molar-refractivity contribution in [3.63, 3.8) is 0 Å². The number of halogens is 2. The Hall–Kier alpha value is -1.73. The molecule has 1 aromatic heterocycles. The van der Waals surface area contributed by atoms with Crippen molar-refractivity contribution in [1.82, 2.24) is 20.2 Å². The van der Waals surface area contributed by atoms with Crippen molar-refractivity contribution in [1.29, 1.82) is 0 Å². The van der Waals surface area contributed by atoms with E-state index in [1.807, 2.05) is 28.9 Å². The highest BCUT2D eigenvalue weighted by Crippen LogP contribution is 2.37. The quantitative estimate of drug-likeness (QED) is 0.651. The van der Waals surface area contributed by atoms with Crippen molar-refractivity contribution < 1.29 is 0 Å². The lowest BCUT2D eigenvalue weighted by Gasteiger charge is -2.31. The van der Waals surface area contributed by atoms with E-state index in [0.29, 0.717) is 5.95 Å². The standard InChI is InChI=1S/C16H13Br2N5/c17-12-5-1-3-10(7-12)14-9-15(11-4-2-6-13(18)8-11)23-16(19-14)20-21-22-23/h1-8,14-15H,9H2,(H,19,20,22)/t14-,15+/m0/s1. The average molecular weight is 435 g/mol. The van der Waals surface area contributed by atoms with Crippen LogP contribution in [0, 0.1) is 0 Å². The summed E-state index contributed by atoms with van der Waals surface area (Å²) in [5.41, 5.74) is 2.41. The second-order valence-corrected chi connectivity index (χ2v) is 7.34. The molecule has 1 N–H and O–H groups in total. The zero-order valence-electron chi connectivity index (χ0n) is 12.0. The maximum atomic E-state index is 4.16. The summed E-state index contributed by atoms with van der Waals surface area (Å²) >= 11 is 7.09. The van der Waals surface area contributed by atoms with Crippen LogP contribution in [0.5, 0.6) is 0 Å². The van der Waals surface area contributed by atoms with Crippen LogP contribution < -0.4 is 5.32 Å². The Balaban J connectivity index is 1.75. The number of rotatable bonds is 2. The van der Waals surface area contributed by atoms with E-state index in [1.54, 1.807) is 0 Å². The van der Waals surface area contributed by atoms with Gasteiger partial charge in [0.15, 0.2) is 0 Å². The largest absolute Gasteiger partial charge is 0.346 e. The fraction of sp³-hybridized carbons (Fsp3) is 0.188. The van der Waals surface area contributed by atoms with Crippen molar-refractivity contribution in [2.75, 3.05) is 5.32 Å². The summed E-state index contributed by atoms with van der Waals surface area (Å²) in [7, 11) is 0. The Bertz CT molecular complexity index is 848. The zero-order chi connectivity index (χ0) is 15.8. The first-order chi connectivity index (χ1) is 11.2. The molecule has 0 bridgehead atoms. The van der Waals surface area contributed by atoms with E-state index in [9.17, 15) is 0 Å². The Kier molecular flexibility index (Phi) is 3.90. The number of nitrogens with one attached hydrogen (secondary N) is 1. The SMILES string of the molecule is Brc1cccc([C@@H]2C[C@H](c3cccc(Br)c3)n3nnnc3N2)c1. The minimum absolute atomic E-state index is 0.0998. The molecule has 2 atom stereocenters. The van der Waals surface area contributed by atoms with Gasteiger partial charge in [-0.25, -0.2) is 4.68 Å². The van der Waals surface area contributed by atoms with E-state index in [2.05, 4.69) is 77.0 Å². The molecule has 0 aliphatic carbocycles. The molecule has 0 spiro atoms. The number of hydrogen-bond donors (Lipinski definition) is 1. The molecular weight excluding hydrogens is 422 g/mol. The first-order valence-electron chi connectivity index (χ1n) is 7.26. The number of fused-ring (bicyclic) bond motifs is 1. The monoisotopic (exact) mass is 433 g/mol. The van der Waals surface area contributed by atoms with Gasteiger partial charge < -0.3 is 5.32 Å². The summed E-state index contributed by atoms with van der Waals surface area (Å²) in [5.74, 6) is 0.700. The van der Waals surface area contributed by atoms with Crippen LogP contribution in [0.3, 0.4) is 0 Å². The molecule has 1 aliphatic heterocycles. The maximum Gasteiger partial charge on any atom is 0.243 e. The van der Waals surface area contributed by atoms with E-state index in [-0.39, 0.29) is 12.1 Å². The molecule has 2 aromatic carbocycles. The second-order valence-electron chi connectivity index (χ2n) is 5.51. The van der Waals surface area contributed by atoms with Crippen LogP contribution in [-0.4, -0.2) is 20.2 Å². The van der Waals surface area contributed by atoms with E-state index in [4.69, 9.17) is 0 Å². The minimum atomic E-state index is 0.0998. The number of nitrogens with zero attached hydrogens (tertiary/aromatic N) is 4. The molecule has 0 amide bonds. The summed E-state index contributed by atoms with van der Waals surface area (Å²) in [5, 5.41) is 15.5. The van der Waals surface area contributed by atoms with Crippen LogP contribution in [0.25, 0.3) is 0 Å². The molecule has 2 heterocycles. The first-order valence-corrected chi connectivity index (χ1v) is 8.84. The van der Waals surface area contributed by atoms with E-state index in [0.717, 1.165) is 15.4 Å². The fourth-order valence-electron chi connectivity index (χ4n) is 2.97. The van der Waals surface area contributed by atoms with Gasteiger partial charge in [0.25, 0.3) is 0 Å². The predicted octanol–water partition coefficient (Wildman–Crippen LogP) is 4.34. The van der Waals surface area contributed by atoms with Gasteiger partial charge >= 0.3 is 0 Å². The molecule has 1 aliphatic rings. The topological polar surface area (TPSA) is 55.6 Å². The van der Waals surface area contributed by atoms with Crippen molar-refractivity contribution in [3.05, 3.63) is 68.6 Å². The highest BCUT2D eigenvalue weighted by Gasteiger charge is 2.30.